The minimum absolute atomic E-state index is 0.0902. The van der Waals surface area contributed by atoms with Crippen LogP contribution in [-0.2, 0) is 16.9 Å². The van der Waals surface area contributed by atoms with Crippen LogP contribution in [0.1, 0.15) is 30.4 Å². The quantitative estimate of drug-likeness (QED) is 0.281. The summed E-state index contributed by atoms with van der Waals surface area (Å²) >= 11 is 6.27. The Bertz CT molecular complexity index is 1340. The van der Waals surface area contributed by atoms with Gasteiger partial charge in [-0.1, -0.05) is 35.9 Å². The molecular weight excluding hydrogens is 463 g/mol. The molecule has 2 aliphatic heterocycles. The van der Waals surface area contributed by atoms with Gasteiger partial charge in [-0.15, -0.1) is 0 Å². The summed E-state index contributed by atoms with van der Waals surface area (Å²) in [7, 11) is 0. The van der Waals surface area contributed by atoms with Crippen LogP contribution < -0.4 is 4.74 Å². The van der Waals surface area contributed by atoms with Crippen molar-refractivity contribution in [2.75, 3.05) is 26.2 Å². The van der Waals surface area contributed by atoms with Crippen molar-refractivity contribution >= 4 is 22.5 Å². The van der Waals surface area contributed by atoms with Crippen molar-refractivity contribution in [3.63, 3.8) is 0 Å². The summed E-state index contributed by atoms with van der Waals surface area (Å²) in [6.07, 6.45) is 4.99. The van der Waals surface area contributed by atoms with E-state index < -0.39 is 0 Å². The molecule has 0 radical (unpaired) electrons. The van der Waals surface area contributed by atoms with E-state index in [1.54, 1.807) is 12.1 Å². The first kappa shape index (κ1) is 22.6. The minimum atomic E-state index is -0.257. The van der Waals surface area contributed by atoms with Gasteiger partial charge in [0, 0.05) is 35.7 Å². The molecule has 0 aliphatic carbocycles. The van der Waals surface area contributed by atoms with Crippen molar-refractivity contribution in [1.29, 1.82) is 0 Å². The summed E-state index contributed by atoms with van der Waals surface area (Å²) in [5, 5.41) is 1.65. The molecular formula is C29H28ClFN2O2. The maximum Gasteiger partial charge on any atom is 0.145 e. The number of fused-ring (bicyclic) bond motifs is 3. The predicted octanol–water partition coefficient (Wildman–Crippen LogP) is 6.71. The van der Waals surface area contributed by atoms with Crippen molar-refractivity contribution < 1.29 is 13.9 Å². The highest BCUT2D eigenvalue weighted by atomic mass is 35.5. The fourth-order valence-corrected chi connectivity index (χ4v) is 5.67. The van der Waals surface area contributed by atoms with Crippen molar-refractivity contribution in [2.24, 2.45) is 0 Å². The van der Waals surface area contributed by atoms with Gasteiger partial charge in [-0.3, -0.25) is 0 Å². The Morgan fingerprint density at radius 2 is 1.80 bits per heavy atom. The van der Waals surface area contributed by atoms with Crippen LogP contribution in [0.15, 0.2) is 72.9 Å². The molecule has 4 aromatic rings. The van der Waals surface area contributed by atoms with E-state index in [0.717, 1.165) is 67.8 Å². The summed E-state index contributed by atoms with van der Waals surface area (Å²) in [6.45, 7) is 4.44. The highest BCUT2D eigenvalue weighted by molar-refractivity contribution is 6.31. The molecule has 0 N–H and O–H groups in total. The Morgan fingerprint density at radius 3 is 2.63 bits per heavy atom. The van der Waals surface area contributed by atoms with E-state index in [1.165, 1.54) is 23.3 Å². The first-order valence-corrected chi connectivity index (χ1v) is 12.6. The number of ether oxygens (including phenoxy) is 2. The molecule has 3 aromatic carbocycles. The van der Waals surface area contributed by atoms with E-state index in [-0.39, 0.29) is 11.4 Å². The van der Waals surface area contributed by atoms with Crippen molar-refractivity contribution in [1.82, 2.24) is 9.47 Å². The Labute approximate surface area is 209 Å². The van der Waals surface area contributed by atoms with Gasteiger partial charge in [0.15, 0.2) is 0 Å². The number of rotatable bonds is 6. The number of aromatic nitrogens is 1. The van der Waals surface area contributed by atoms with Crippen LogP contribution in [0.3, 0.4) is 0 Å². The van der Waals surface area contributed by atoms with Gasteiger partial charge in [-0.05, 0) is 72.9 Å². The lowest BCUT2D eigenvalue weighted by Crippen LogP contribution is -2.43. The van der Waals surface area contributed by atoms with Crippen molar-refractivity contribution in [3.05, 3.63) is 94.9 Å². The number of piperidine rings is 1. The number of halogens is 2. The van der Waals surface area contributed by atoms with Gasteiger partial charge >= 0.3 is 0 Å². The first-order valence-electron chi connectivity index (χ1n) is 12.3. The average Bonchev–Trinajstić information content (AvgIpc) is 3.42. The third-order valence-electron chi connectivity index (χ3n) is 7.39. The minimum Gasteiger partial charge on any atom is -0.491 e. The SMILES string of the molecule is Fc1ccc(-n2cc(OCCCN3CCC4(CC3)OCc3ccccc34)c3ccc(Cl)cc32)cc1. The van der Waals surface area contributed by atoms with Crippen LogP contribution in [0, 0.1) is 5.82 Å². The molecule has 180 valence electrons. The monoisotopic (exact) mass is 490 g/mol. The second-order valence-electron chi connectivity index (χ2n) is 9.49. The number of likely N-dealkylation sites (tertiary alicyclic amines) is 1. The standard InChI is InChI=1S/C29H28ClFN2O2/c30-22-6-11-25-27(18-22)33(24-9-7-23(31)8-10-24)19-28(25)34-17-3-14-32-15-12-29(13-16-32)26-5-2-1-4-21(26)20-35-29/h1-2,4-11,18-19H,3,12-17,20H2. The van der Waals surface area contributed by atoms with Crippen LogP contribution >= 0.6 is 11.6 Å². The van der Waals surface area contributed by atoms with Gasteiger partial charge in [-0.25, -0.2) is 4.39 Å². The van der Waals surface area contributed by atoms with Gasteiger partial charge in [0.05, 0.1) is 30.5 Å². The molecule has 1 saturated heterocycles. The lowest BCUT2D eigenvalue weighted by Gasteiger charge is -2.39. The van der Waals surface area contributed by atoms with Gasteiger partial charge in [0.1, 0.15) is 11.6 Å². The van der Waals surface area contributed by atoms with Crippen LogP contribution in [-0.4, -0.2) is 35.7 Å². The molecule has 1 aromatic heterocycles. The maximum atomic E-state index is 13.4. The number of benzene rings is 3. The summed E-state index contributed by atoms with van der Waals surface area (Å²) in [4.78, 5) is 2.51. The first-order chi connectivity index (χ1) is 17.1. The molecule has 0 atom stereocenters. The molecule has 4 nitrogen and oxygen atoms in total. The third-order valence-corrected chi connectivity index (χ3v) is 7.62. The number of hydrogen-bond donors (Lipinski definition) is 0. The van der Waals surface area contributed by atoms with Crippen LogP contribution in [0.2, 0.25) is 5.02 Å². The van der Waals surface area contributed by atoms with Crippen LogP contribution in [0.5, 0.6) is 5.75 Å². The molecule has 6 heteroatoms. The predicted molar refractivity (Wildman–Crippen MR) is 137 cm³/mol. The zero-order valence-electron chi connectivity index (χ0n) is 19.6. The Hall–Kier alpha value is -2.86. The zero-order valence-corrected chi connectivity index (χ0v) is 20.3. The molecule has 0 saturated carbocycles. The largest absolute Gasteiger partial charge is 0.491 e. The van der Waals surface area contributed by atoms with E-state index in [4.69, 9.17) is 21.1 Å². The summed E-state index contributed by atoms with van der Waals surface area (Å²) < 4.78 is 28.0. The topological polar surface area (TPSA) is 26.6 Å². The lowest BCUT2D eigenvalue weighted by molar-refractivity contribution is -0.0790. The summed E-state index contributed by atoms with van der Waals surface area (Å²) in [5.74, 6) is 0.557. The molecule has 0 unspecified atom stereocenters. The molecule has 1 spiro atoms. The van der Waals surface area contributed by atoms with E-state index in [9.17, 15) is 4.39 Å². The Kier molecular flexibility index (Phi) is 6.01. The van der Waals surface area contributed by atoms with E-state index in [1.807, 2.05) is 29.0 Å². The van der Waals surface area contributed by atoms with Crippen molar-refractivity contribution in [3.8, 4) is 11.4 Å². The molecule has 3 heterocycles. The van der Waals surface area contributed by atoms with E-state index in [2.05, 4.69) is 29.2 Å². The maximum absolute atomic E-state index is 13.4. The molecule has 6 rings (SSSR count). The third kappa shape index (κ3) is 4.33. The molecule has 1 fully saturated rings. The fourth-order valence-electron chi connectivity index (χ4n) is 5.51. The smallest absolute Gasteiger partial charge is 0.145 e. The highest BCUT2D eigenvalue weighted by Crippen LogP contribution is 2.44. The highest BCUT2D eigenvalue weighted by Gasteiger charge is 2.42. The summed E-state index contributed by atoms with van der Waals surface area (Å²) in [6, 6.07) is 20.9. The van der Waals surface area contributed by atoms with Gasteiger partial charge in [0.2, 0.25) is 0 Å². The molecule has 0 bridgehead atoms. The average molecular weight is 491 g/mol. The zero-order chi connectivity index (χ0) is 23.8. The van der Waals surface area contributed by atoms with E-state index in [0.29, 0.717) is 11.6 Å². The Balaban J connectivity index is 1.08. The molecule has 2 aliphatic rings. The van der Waals surface area contributed by atoms with E-state index >= 15 is 0 Å². The van der Waals surface area contributed by atoms with Gasteiger partial charge in [0.25, 0.3) is 0 Å². The Morgan fingerprint density at radius 1 is 1.00 bits per heavy atom. The van der Waals surface area contributed by atoms with Crippen LogP contribution in [0.4, 0.5) is 4.39 Å². The normalized spacial score (nSPS) is 17.2. The van der Waals surface area contributed by atoms with Gasteiger partial charge < -0.3 is 18.9 Å². The van der Waals surface area contributed by atoms with Crippen molar-refractivity contribution in [2.45, 2.75) is 31.5 Å². The second kappa shape index (κ2) is 9.30. The fraction of sp³-hybridized carbons (Fsp3) is 0.310. The number of hydrogen-bond acceptors (Lipinski definition) is 3. The second-order valence-corrected chi connectivity index (χ2v) is 9.92. The molecule has 35 heavy (non-hydrogen) atoms. The van der Waals surface area contributed by atoms with Crippen LogP contribution in [0.25, 0.3) is 16.6 Å². The molecule has 0 amide bonds. The summed E-state index contributed by atoms with van der Waals surface area (Å²) in [5.41, 5.74) is 4.45. The lowest BCUT2D eigenvalue weighted by atomic mass is 9.84. The number of nitrogens with zero attached hydrogens (tertiary/aromatic N) is 2. The van der Waals surface area contributed by atoms with Gasteiger partial charge in [-0.2, -0.15) is 0 Å².